The number of rotatable bonds is 0. The molecule has 2 aliphatic rings. The molecule has 1 fully saturated rings. The van der Waals surface area contributed by atoms with Gasteiger partial charge < -0.3 is 4.74 Å². The van der Waals surface area contributed by atoms with Crippen LogP contribution in [0.15, 0.2) is 24.3 Å². The number of nitrogens with zero attached hydrogens (tertiary/aromatic N) is 1. The Kier molecular flexibility index (Phi) is 1.90. The number of fused-ring (bicyclic) bond motifs is 3. The van der Waals surface area contributed by atoms with Gasteiger partial charge in [-0.15, -0.1) is 0 Å². The monoisotopic (exact) mass is 231 g/mol. The third-order valence-corrected chi connectivity index (χ3v) is 4.42. The largest absolute Gasteiger partial charge is 0.440 e. The standard InChI is InChI=1S/C14H17NO2/c1-13(2)14(3)11-7-5-4-6-10(11)8-9-15(14)12(16)17-13/h4-7H,8-9H2,1-3H3/t14-/m1/s1. The van der Waals surface area contributed by atoms with Gasteiger partial charge in [0.2, 0.25) is 0 Å². The van der Waals surface area contributed by atoms with Crippen molar-refractivity contribution in [3.8, 4) is 0 Å². The molecule has 0 spiro atoms. The van der Waals surface area contributed by atoms with Crippen LogP contribution in [0.25, 0.3) is 0 Å². The minimum atomic E-state index is -0.486. The maximum absolute atomic E-state index is 11.9. The number of carbonyl (C=O) groups is 1. The molecule has 0 unspecified atom stereocenters. The van der Waals surface area contributed by atoms with Gasteiger partial charge in [-0.2, -0.15) is 0 Å². The van der Waals surface area contributed by atoms with Gasteiger partial charge in [-0.05, 0) is 38.3 Å². The molecule has 0 saturated carbocycles. The maximum Gasteiger partial charge on any atom is 0.411 e. The van der Waals surface area contributed by atoms with Crippen LogP contribution in [0.1, 0.15) is 31.9 Å². The third-order valence-electron chi connectivity index (χ3n) is 4.42. The van der Waals surface area contributed by atoms with E-state index in [2.05, 4.69) is 25.1 Å². The molecule has 1 atom stereocenters. The Bertz CT molecular complexity index is 495. The SMILES string of the molecule is CC1(C)OC(=O)N2CCc3ccccc3[C@@]21C. The first-order valence-electron chi connectivity index (χ1n) is 6.06. The second-order valence-corrected chi connectivity index (χ2v) is 5.51. The lowest BCUT2D eigenvalue weighted by atomic mass is 9.73. The Morgan fingerprint density at radius 2 is 1.94 bits per heavy atom. The minimum Gasteiger partial charge on any atom is -0.440 e. The molecule has 0 N–H and O–H groups in total. The van der Waals surface area contributed by atoms with Crippen LogP contribution in [0, 0.1) is 0 Å². The highest BCUT2D eigenvalue weighted by Gasteiger charge is 2.59. The lowest BCUT2D eigenvalue weighted by Gasteiger charge is -2.44. The Morgan fingerprint density at radius 1 is 1.24 bits per heavy atom. The Balaban J connectivity index is 2.25. The zero-order valence-corrected chi connectivity index (χ0v) is 10.5. The van der Waals surface area contributed by atoms with Crippen molar-refractivity contribution in [2.75, 3.05) is 6.54 Å². The van der Waals surface area contributed by atoms with E-state index in [1.807, 2.05) is 24.8 Å². The van der Waals surface area contributed by atoms with Gasteiger partial charge in [0.1, 0.15) is 11.1 Å². The van der Waals surface area contributed by atoms with E-state index in [1.54, 1.807) is 0 Å². The van der Waals surface area contributed by atoms with Crippen LogP contribution in [0.2, 0.25) is 0 Å². The number of hydrogen-bond donors (Lipinski definition) is 0. The van der Waals surface area contributed by atoms with Gasteiger partial charge in [0.05, 0.1) is 0 Å². The molecule has 0 radical (unpaired) electrons. The van der Waals surface area contributed by atoms with E-state index in [0.717, 1.165) is 13.0 Å². The van der Waals surface area contributed by atoms with Gasteiger partial charge in [-0.1, -0.05) is 24.3 Å². The normalized spacial score (nSPS) is 29.6. The molecule has 2 aliphatic heterocycles. The van der Waals surface area contributed by atoms with E-state index in [1.165, 1.54) is 11.1 Å². The molecule has 3 nitrogen and oxygen atoms in total. The Morgan fingerprint density at radius 3 is 2.71 bits per heavy atom. The molecular formula is C14H17NO2. The van der Waals surface area contributed by atoms with Gasteiger partial charge in [0.25, 0.3) is 0 Å². The van der Waals surface area contributed by atoms with Gasteiger partial charge in [0.15, 0.2) is 0 Å². The molecule has 0 bridgehead atoms. The summed E-state index contributed by atoms with van der Waals surface area (Å²) >= 11 is 0. The third kappa shape index (κ3) is 1.14. The highest BCUT2D eigenvalue weighted by molar-refractivity contribution is 5.74. The summed E-state index contributed by atoms with van der Waals surface area (Å²) < 4.78 is 5.54. The summed E-state index contributed by atoms with van der Waals surface area (Å²) in [5, 5.41) is 0. The van der Waals surface area contributed by atoms with Gasteiger partial charge in [0, 0.05) is 6.54 Å². The fraction of sp³-hybridized carbons (Fsp3) is 0.500. The predicted molar refractivity (Wildman–Crippen MR) is 64.8 cm³/mol. The Hall–Kier alpha value is -1.51. The molecule has 0 aromatic heterocycles. The van der Waals surface area contributed by atoms with Crippen molar-refractivity contribution < 1.29 is 9.53 Å². The molecule has 1 aromatic rings. The summed E-state index contributed by atoms with van der Waals surface area (Å²) in [4.78, 5) is 13.8. The molecule has 1 aromatic carbocycles. The lowest BCUT2D eigenvalue weighted by Crippen LogP contribution is -2.54. The smallest absolute Gasteiger partial charge is 0.411 e. The fourth-order valence-corrected chi connectivity index (χ4v) is 3.11. The summed E-state index contributed by atoms with van der Waals surface area (Å²) in [5.41, 5.74) is 1.72. The van der Waals surface area contributed by atoms with E-state index in [0.29, 0.717) is 0 Å². The zero-order valence-electron chi connectivity index (χ0n) is 10.5. The molecule has 0 aliphatic carbocycles. The first-order chi connectivity index (χ1) is 7.97. The van der Waals surface area contributed by atoms with Crippen LogP contribution in [0.5, 0.6) is 0 Å². The number of cyclic esters (lactones) is 1. The summed E-state index contributed by atoms with van der Waals surface area (Å²) in [6, 6.07) is 8.36. The average molecular weight is 231 g/mol. The van der Waals surface area contributed by atoms with Crippen LogP contribution < -0.4 is 0 Å². The van der Waals surface area contributed by atoms with E-state index < -0.39 is 5.60 Å². The summed E-state index contributed by atoms with van der Waals surface area (Å²) in [5.74, 6) is 0. The molecule has 1 saturated heterocycles. The zero-order chi connectivity index (χ0) is 12.3. The van der Waals surface area contributed by atoms with Gasteiger partial charge >= 0.3 is 6.09 Å². The van der Waals surface area contributed by atoms with Crippen LogP contribution in [-0.2, 0) is 16.7 Å². The number of ether oxygens (including phenoxy) is 1. The number of benzene rings is 1. The molecular weight excluding hydrogens is 214 g/mol. The first kappa shape index (κ1) is 10.6. The van der Waals surface area contributed by atoms with Crippen molar-refractivity contribution in [3.05, 3.63) is 35.4 Å². The van der Waals surface area contributed by atoms with Gasteiger partial charge in [-0.25, -0.2) is 4.79 Å². The lowest BCUT2D eigenvalue weighted by molar-refractivity contribution is 0.0191. The highest BCUT2D eigenvalue weighted by atomic mass is 16.6. The van der Waals surface area contributed by atoms with E-state index >= 15 is 0 Å². The van der Waals surface area contributed by atoms with Crippen molar-refractivity contribution in [1.82, 2.24) is 4.90 Å². The number of carbonyl (C=O) groups excluding carboxylic acids is 1. The van der Waals surface area contributed by atoms with Crippen molar-refractivity contribution in [2.45, 2.75) is 38.3 Å². The topological polar surface area (TPSA) is 29.5 Å². The Labute approximate surface area is 101 Å². The van der Waals surface area contributed by atoms with Crippen LogP contribution >= 0.6 is 0 Å². The van der Waals surface area contributed by atoms with Crippen molar-refractivity contribution >= 4 is 6.09 Å². The average Bonchev–Trinajstić information content (AvgIpc) is 2.46. The summed E-state index contributed by atoms with van der Waals surface area (Å²) in [6.07, 6.45) is 0.726. The second-order valence-electron chi connectivity index (χ2n) is 5.51. The first-order valence-corrected chi connectivity index (χ1v) is 6.06. The van der Waals surface area contributed by atoms with Crippen LogP contribution in [-0.4, -0.2) is 23.1 Å². The number of hydrogen-bond acceptors (Lipinski definition) is 2. The molecule has 17 heavy (non-hydrogen) atoms. The summed E-state index contributed by atoms with van der Waals surface area (Å²) in [7, 11) is 0. The molecule has 3 rings (SSSR count). The van der Waals surface area contributed by atoms with Crippen molar-refractivity contribution in [2.24, 2.45) is 0 Å². The molecule has 3 heteroatoms. The summed E-state index contributed by atoms with van der Waals surface area (Å²) in [6.45, 7) is 6.84. The van der Waals surface area contributed by atoms with E-state index in [4.69, 9.17) is 4.74 Å². The van der Waals surface area contributed by atoms with Crippen molar-refractivity contribution in [3.63, 3.8) is 0 Å². The quantitative estimate of drug-likeness (QED) is 0.687. The predicted octanol–water partition coefficient (Wildman–Crippen LogP) is 2.69. The fourth-order valence-electron chi connectivity index (χ4n) is 3.11. The number of amides is 1. The van der Waals surface area contributed by atoms with E-state index in [-0.39, 0.29) is 11.6 Å². The van der Waals surface area contributed by atoms with Crippen LogP contribution in [0.4, 0.5) is 4.79 Å². The molecule has 2 heterocycles. The second kappa shape index (κ2) is 3.03. The molecule has 90 valence electrons. The highest BCUT2D eigenvalue weighted by Crippen LogP contribution is 2.49. The van der Waals surface area contributed by atoms with E-state index in [9.17, 15) is 4.79 Å². The van der Waals surface area contributed by atoms with Crippen molar-refractivity contribution in [1.29, 1.82) is 0 Å². The van der Waals surface area contributed by atoms with Gasteiger partial charge in [-0.3, -0.25) is 4.90 Å². The maximum atomic E-state index is 11.9. The molecule has 1 amide bonds. The minimum absolute atomic E-state index is 0.188. The van der Waals surface area contributed by atoms with Crippen LogP contribution in [0.3, 0.4) is 0 Å².